The molecule has 1 unspecified atom stereocenters. The van der Waals surface area contributed by atoms with Crippen LogP contribution < -0.4 is 5.32 Å². The van der Waals surface area contributed by atoms with Crippen molar-refractivity contribution in [2.24, 2.45) is 5.92 Å². The Labute approximate surface area is 118 Å². The van der Waals surface area contributed by atoms with E-state index in [-0.39, 0.29) is 0 Å². The van der Waals surface area contributed by atoms with Gasteiger partial charge in [0, 0.05) is 6.04 Å². The summed E-state index contributed by atoms with van der Waals surface area (Å²) in [5, 5.41) is 3.81. The van der Waals surface area contributed by atoms with Gasteiger partial charge in [-0.1, -0.05) is 62.4 Å². The molecule has 1 atom stereocenters. The van der Waals surface area contributed by atoms with Gasteiger partial charge in [-0.15, -0.1) is 0 Å². The SMILES string of the molecule is CCCNC(c1cccc(C)c1)C1CCCCCC1. The molecule has 1 aromatic rings. The average Bonchev–Trinajstić information content (AvgIpc) is 2.68. The molecule has 1 nitrogen and oxygen atoms in total. The van der Waals surface area contributed by atoms with Crippen molar-refractivity contribution in [2.45, 2.75) is 64.8 Å². The summed E-state index contributed by atoms with van der Waals surface area (Å²) in [4.78, 5) is 0. The summed E-state index contributed by atoms with van der Waals surface area (Å²) >= 11 is 0. The Morgan fingerprint density at radius 2 is 1.89 bits per heavy atom. The second-order valence-corrected chi connectivity index (χ2v) is 6.10. The summed E-state index contributed by atoms with van der Waals surface area (Å²) in [6.07, 6.45) is 9.72. The van der Waals surface area contributed by atoms with Crippen molar-refractivity contribution < 1.29 is 0 Å². The number of rotatable bonds is 5. The van der Waals surface area contributed by atoms with E-state index >= 15 is 0 Å². The summed E-state index contributed by atoms with van der Waals surface area (Å²) < 4.78 is 0. The van der Waals surface area contributed by atoms with Crippen molar-refractivity contribution in [3.63, 3.8) is 0 Å². The number of nitrogens with one attached hydrogen (secondary N) is 1. The predicted octanol–water partition coefficient (Wildman–Crippen LogP) is 5.01. The van der Waals surface area contributed by atoms with Crippen LogP contribution in [0.15, 0.2) is 24.3 Å². The molecule has 2 rings (SSSR count). The molecular formula is C18H29N. The molecular weight excluding hydrogens is 230 g/mol. The highest BCUT2D eigenvalue weighted by atomic mass is 14.9. The van der Waals surface area contributed by atoms with Crippen LogP contribution >= 0.6 is 0 Å². The maximum atomic E-state index is 3.81. The lowest BCUT2D eigenvalue weighted by atomic mass is 9.86. The van der Waals surface area contributed by atoms with Gasteiger partial charge in [0.15, 0.2) is 0 Å². The first-order valence-corrected chi connectivity index (χ1v) is 8.11. The summed E-state index contributed by atoms with van der Waals surface area (Å²) in [6.45, 7) is 5.59. The highest BCUT2D eigenvalue weighted by molar-refractivity contribution is 5.25. The van der Waals surface area contributed by atoms with Crippen LogP contribution in [-0.4, -0.2) is 6.54 Å². The Morgan fingerprint density at radius 1 is 1.16 bits per heavy atom. The number of aryl methyl sites for hydroxylation is 1. The van der Waals surface area contributed by atoms with Crippen LogP contribution in [0.1, 0.15) is 69.0 Å². The largest absolute Gasteiger partial charge is 0.310 e. The minimum atomic E-state index is 0.568. The van der Waals surface area contributed by atoms with Crippen LogP contribution in [0, 0.1) is 12.8 Å². The molecule has 1 fully saturated rings. The Balaban J connectivity index is 2.13. The van der Waals surface area contributed by atoms with E-state index in [9.17, 15) is 0 Å². The number of hydrogen-bond donors (Lipinski definition) is 1. The fourth-order valence-corrected chi connectivity index (χ4v) is 3.36. The van der Waals surface area contributed by atoms with E-state index in [0.29, 0.717) is 6.04 Å². The fourth-order valence-electron chi connectivity index (χ4n) is 3.36. The molecule has 1 saturated carbocycles. The highest BCUT2D eigenvalue weighted by Crippen LogP contribution is 2.33. The molecule has 0 bridgehead atoms. The van der Waals surface area contributed by atoms with E-state index in [4.69, 9.17) is 0 Å². The van der Waals surface area contributed by atoms with Gasteiger partial charge < -0.3 is 5.32 Å². The molecule has 0 aliphatic heterocycles. The van der Waals surface area contributed by atoms with Gasteiger partial charge in [0.2, 0.25) is 0 Å². The Kier molecular flexibility index (Phi) is 5.91. The fraction of sp³-hybridized carbons (Fsp3) is 0.667. The lowest BCUT2D eigenvalue weighted by Gasteiger charge is -2.28. The van der Waals surface area contributed by atoms with Crippen LogP contribution in [0.4, 0.5) is 0 Å². The molecule has 0 aromatic heterocycles. The maximum absolute atomic E-state index is 3.81. The smallest absolute Gasteiger partial charge is 0.0348 e. The van der Waals surface area contributed by atoms with E-state index in [1.807, 2.05) is 0 Å². The third kappa shape index (κ3) is 4.35. The molecule has 0 heterocycles. The van der Waals surface area contributed by atoms with Crippen molar-refractivity contribution in [2.75, 3.05) is 6.54 Å². The molecule has 19 heavy (non-hydrogen) atoms. The molecule has 0 radical (unpaired) electrons. The summed E-state index contributed by atoms with van der Waals surface area (Å²) in [5.41, 5.74) is 2.88. The molecule has 0 spiro atoms. The molecule has 1 heteroatoms. The van der Waals surface area contributed by atoms with Gasteiger partial charge in [0.05, 0.1) is 0 Å². The quantitative estimate of drug-likeness (QED) is 0.733. The van der Waals surface area contributed by atoms with Gasteiger partial charge in [0.1, 0.15) is 0 Å². The monoisotopic (exact) mass is 259 g/mol. The van der Waals surface area contributed by atoms with Gasteiger partial charge in [0.25, 0.3) is 0 Å². The number of hydrogen-bond acceptors (Lipinski definition) is 1. The van der Waals surface area contributed by atoms with E-state index in [1.54, 1.807) is 0 Å². The van der Waals surface area contributed by atoms with Crippen LogP contribution in [0.5, 0.6) is 0 Å². The van der Waals surface area contributed by atoms with Crippen LogP contribution in [0.3, 0.4) is 0 Å². The molecule has 0 saturated heterocycles. The van der Waals surface area contributed by atoms with Crippen molar-refractivity contribution >= 4 is 0 Å². The lowest BCUT2D eigenvalue weighted by molar-refractivity contribution is 0.325. The van der Waals surface area contributed by atoms with Crippen LogP contribution in [0.2, 0.25) is 0 Å². The third-order valence-electron chi connectivity index (χ3n) is 4.39. The highest BCUT2D eigenvalue weighted by Gasteiger charge is 2.23. The van der Waals surface area contributed by atoms with E-state index in [2.05, 4.69) is 43.4 Å². The average molecular weight is 259 g/mol. The van der Waals surface area contributed by atoms with Gasteiger partial charge in [-0.3, -0.25) is 0 Å². The third-order valence-corrected chi connectivity index (χ3v) is 4.39. The first-order valence-electron chi connectivity index (χ1n) is 8.11. The van der Waals surface area contributed by atoms with Gasteiger partial charge in [-0.25, -0.2) is 0 Å². The first kappa shape index (κ1) is 14.6. The Bertz CT molecular complexity index is 364. The minimum Gasteiger partial charge on any atom is -0.310 e. The zero-order chi connectivity index (χ0) is 13.5. The van der Waals surface area contributed by atoms with Crippen molar-refractivity contribution in [3.05, 3.63) is 35.4 Å². The topological polar surface area (TPSA) is 12.0 Å². The molecule has 1 N–H and O–H groups in total. The van der Waals surface area contributed by atoms with E-state index in [0.717, 1.165) is 12.5 Å². The van der Waals surface area contributed by atoms with Crippen molar-refractivity contribution in [1.29, 1.82) is 0 Å². The molecule has 1 aliphatic rings. The van der Waals surface area contributed by atoms with Gasteiger partial charge >= 0.3 is 0 Å². The Hall–Kier alpha value is -0.820. The van der Waals surface area contributed by atoms with Crippen LogP contribution in [-0.2, 0) is 0 Å². The summed E-state index contributed by atoms with van der Waals surface area (Å²) in [5.74, 6) is 0.829. The van der Waals surface area contributed by atoms with Crippen LogP contribution in [0.25, 0.3) is 0 Å². The second-order valence-electron chi connectivity index (χ2n) is 6.10. The van der Waals surface area contributed by atoms with Crippen molar-refractivity contribution in [1.82, 2.24) is 5.32 Å². The molecule has 106 valence electrons. The molecule has 0 amide bonds. The summed E-state index contributed by atoms with van der Waals surface area (Å²) in [7, 11) is 0. The zero-order valence-corrected chi connectivity index (χ0v) is 12.6. The number of benzene rings is 1. The zero-order valence-electron chi connectivity index (χ0n) is 12.6. The first-order chi connectivity index (χ1) is 9.31. The maximum Gasteiger partial charge on any atom is 0.0348 e. The van der Waals surface area contributed by atoms with E-state index in [1.165, 1.54) is 56.1 Å². The minimum absolute atomic E-state index is 0.568. The van der Waals surface area contributed by atoms with Gasteiger partial charge in [-0.05, 0) is 44.2 Å². The predicted molar refractivity (Wildman–Crippen MR) is 83.4 cm³/mol. The van der Waals surface area contributed by atoms with Crippen molar-refractivity contribution in [3.8, 4) is 0 Å². The van der Waals surface area contributed by atoms with E-state index < -0.39 is 0 Å². The standard InChI is InChI=1S/C18H29N/c1-3-13-19-18(16-10-6-4-5-7-11-16)17-12-8-9-15(2)14-17/h8-9,12,14,16,18-19H,3-7,10-11,13H2,1-2H3. The Morgan fingerprint density at radius 3 is 2.53 bits per heavy atom. The molecule has 1 aliphatic carbocycles. The summed E-state index contributed by atoms with van der Waals surface area (Å²) in [6, 6.07) is 9.66. The molecule has 1 aromatic carbocycles. The second kappa shape index (κ2) is 7.69. The van der Waals surface area contributed by atoms with Gasteiger partial charge in [-0.2, -0.15) is 0 Å². The lowest BCUT2D eigenvalue weighted by Crippen LogP contribution is -2.29. The normalized spacial score (nSPS) is 19.1.